The number of alkyl halides is 2. The van der Waals surface area contributed by atoms with Crippen molar-refractivity contribution in [3.8, 4) is 0 Å². The summed E-state index contributed by atoms with van der Waals surface area (Å²) in [5.41, 5.74) is -1.84. The predicted molar refractivity (Wildman–Crippen MR) is 49.4 cm³/mol. The molecule has 0 aliphatic carbocycles. The standard InChI is InChI=1S/C10H5F4NO/c11-4-1-5(12)9-6(2-4)15-7(10(13)14)3-8(9)16/h1-3,10H,(H,15,16). The van der Waals surface area contributed by atoms with Gasteiger partial charge in [-0.15, -0.1) is 0 Å². The van der Waals surface area contributed by atoms with Gasteiger partial charge in [0, 0.05) is 12.1 Å². The number of H-pyrrole nitrogens is 1. The van der Waals surface area contributed by atoms with Gasteiger partial charge in [-0.3, -0.25) is 4.79 Å². The molecule has 84 valence electrons. The van der Waals surface area contributed by atoms with Crippen molar-refractivity contribution in [1.29, 1.82) is 0 Å². The van der Waals surface area contributed by atoms with Crippen LogP contribution in [0.5, 0.6) is 0 Å². The number of hydrogen-bond acceptors (Lipinski definition) is 1. The third kappa shape index (κ3) is 1.66. The van der Waals surface area contributed by atoms with E-state index in [1.54, 1.807) is 0 Å². The molecule has 2 nitrogen and oxygen atoms in total. The van der Waals surface area contributed by atoms with Crippen LogP contribution in [0.2, 0.25) is 0 Å². The largest absolute Gasteiger partial charge is 0.353 e. The van der Waals surface area contributed by atoms with E-state index >= 15 is 0 Å². The number of benzene rings is 1. The minimum Gasteiger partial charge on any atom is -0.353 e. The van der Waals surface area contributed by atoms with Gasteiger partial charge in [0.15, 0.2) is 5.43 Å². The van der Waals surface area contributed by atoms with E-state index in [4.69, 9.17) is 0 Å². The number of hydrogen-bond donors (Lipinski definition) is 1. The van der Waals surface area contributed by atoms with Crippen molar-refractivity contribution in [2.45, 2.75) is 6.43 Å². The molecule has 0 amide bonds. The van der Waals surface area contributed by atoms with Gasteiger partial charge in [0.25, 0.3) is 6.43 Å². The van der Waals surface area contributed by atoms with E-state index in [1.165, 1.54) is 0 Å². The fraction of sp³-hybridized carbons (Fsp3) is 0.100. The second-order valence-electron chi connectivity index (χ2n) is 3.20. The van der Waals surface area contributed by atoms with E-state index in [2.05, 4.69) is 4.98 Å². The van der Waals surface area contributed by atoms with E-state index in [0.29, 0.717) is 12.1 Å². The van der Waals surface area contributed by atoms with Crippen molar-refractivity contribution in [1.82, 2.24) is 4.98 Å². The van der Waals surface area contributed by atoms with Crippen LogP contribution in [0.15, 0.2) is 23.0 Å². The molecule has 0 aliphatic heterocycles. The SMILES string of the molecule is O=c1cc(C(F)F)[nH]c2cc(F)cc(F)c12. The Hall–Kier alpha value is -1.85. The maximum atomic E-state index is 13.2. The summed E-state index contributed by atoms with van der Waals surface area (Å²) in [6.45, 7) is 0. The molecule has 1 N–H and O–H groups in total. The monoisotopic (exact) mass is 231 g/mol. The number of halogens is 4. The van der Waals surface area contributed by atoms with Crippen LogP contribution in [0.25, 0.3) is 10.9 Å². The molecule has 1 aromatic heterocycles. The van der Waals surface area contributed by atoms with E-state index in [-0.39, 0.29) is 5.52 Å². The molecule has 1 aromatic carbocycles. The van der Waals surface area contributed by atoms with E-state index < -0.39 is 34.6 Å². The molecule has 16 heavy (non-hydrogen) atoms. The zero-order valence-electron chi connectivity index (χ0n) is 7.73. The summed E-state index contributed by atoms with van der Waals surface area (Å²) in [5.74, 6) is -2.01. The van der Waals surface area contributed by atoms with Gasteiger partial charge in [0.1, 0.15) is 11.6 Å². The van der Waals surface area contributed by atoms with Gasteiger partial charge in [0.05, 0.1) is 16.6 Å². The Balaban J connectivity index is 2.87. The maximum absolute atomic E-state index is 13.2. The van der Waals surface area contributed by atoms with Crippen molar-refractivity contribution in [2.24, 2.45) is 0 Å². The highest BCUT2D eigenvalue weighted by molar-refractivity contribution is 5.79. The fourth-order valence-corrected chi connectivity index (χ4v) is 1.45. The van der Waals surface area contributed by atoms with Crippen LogP contribution in [-0.4, -0.2) is 4.98 Å². The first-order valence-corrected chi connectivity index (χ1v) is 4.29. The van der Waals surface area contributed by atoms with Crippen molar-refractivity contribution in [3.05, 3.63) is 45.8 Å². The first-order valence-electron chi connectivity index (χ1n) is 4.29. The number of fused-ring (bicyclic) bond motifs is 1. The molecule has 2 rings (SSSR count). The number of rotatable bonds is 1. The lowest BCUT2D eigenvalue weighted by Crippen LogP contribution is -2.07. The second-order valence-corrected chi connectivity index (χ2v) is 3.20. The lowest BCUT2D eigenvalue weighted by atomic mass is 10.2. The molecule has 2 aromatic rings. The van der Waals surface area contributed by atoms with Gasteiger partial charge in [0.2, 0.25) is 0 Å². The minimum absolute atomic E-state index is 0.277. The van der Waals surface area contributed by atoms with E-state index in [9.17, 15) is 22.4 Å². The van der Waals surface area contributed by atoms with Crippen molar-refractivity contribution in [2.75, 3.05) is 0 Å². The summed E-state index contributed by atoms with van der Waals surface area (Å²) in [5, 5.41) is -0.425. The highest BCUT2D eigenvalue weighted by Gasteiger charge is 2.13. The lowest BCUT2D eigenvalue weighted by Gasteiger charge is -2.04. The molecular formula is C10H5F4NO. The van der Waals surface area contributed by atoms with Crippen molar-refractivity contribution < 1.29 is 17.6 Å². The minimum atomic E-state index is -2.90. The smallest absolute Gasteiger partial charge is 0.278 e. The number of aromatic amines is 1. The molecule has 0 saturated carbocycles. The summed E-state index contributed by atoms with van der Waals surface area (Å²) >= 11 is 0. The van der Waals surface area contributed by atoms with Crippen LogP contribution < -0.4 is 5.43 Å². The molecule has 0 atom stereocenters. The average Bonchev–Trinajstić information content (AvgIpc) is 2.15. The third-order valence-corrected chi connectivity index (χ3v) is 2.10. The molecule has 1 heterocycles. The Kier molecular flexibility index (Phi) is 2.41. The first kappa shape index (κ1) is 10.7. The molecule has 0 aliphatic rings. The number of pyridine rings is 1. The van der Waals surface area contributed by atoms with Gasteiger partial charge in [-0.25, -0.2) is 17.6 Å². The fourth-order valence-electron chi connectivity index (χ4n) is 1.45. The average molecular weight is 231 g/mol. The molecule has 0 fully saturated rings. The molecule has 0 bridgehead atoms. The third-order valence-electron chi connectivity index (χ3n) is 2.10. The first-order chi connectivity index (χ1) is 7.49. The van der Waals surface area contributed by atoms with Gasteiger partial charge in [-0.05, 0) is 6.07 Å². The molecule has 6 heteroatoms. The summed E-state index contributed by atoms with van der Waals surface area (Å²) in [6, 6.07) is 1.93. The summed E-state index contributed by atoms with van der Waals surface area (Å²) in [4.78, 5) is 13.4. The Labute approximate surface area is 86.5 Å². The highest BCUT2D eigenvalue weighted by Crippen LogP contribution is 2.19. The Morgan fingerprint density at radius 3 is 2.44 bits per heavy atom. The van der Waals surface area contributed by atoms with Gasteiger partial charge >= 0.3 is 0 Å². The van der Waals surface area contributed by atoms with Crippen molar-refractivity contribution in [3.63, 3.8) is 0 Å². The molecule has 0 radical (unpaired) electrons. The lowest BCUT2D eigenvalue weighted by molar-refractivity contribution is 0.146. The molecule has 0 saturated heterocycles. The van der Waals surface area contributed by atoms with Crippen LogP contribution in [0, 0.1) is 11.6 Å². The van der Waals surface area contributed by atoms with E-state index in [0.717, 1.165) is 6.07 Å². The van der Waals surface area contributed by atoms with Crippen LogP contribution >= 0.6 is 0 Å². The Morgan fingerprint density at radius 1 is 1.12 bits per heavy atom. The highest BCUT2D eigenvalue weighted by atomic mass is 19.3. The maximum Gasteiger partial charge on any atom is 0.278 e. The van der Waals surface area contributed by atoms with Gasteiger partial charge in [-0.2, -0.15) is 0 Å². The molecule has 0 spiro atoms. The molecular weight excluding hydrogens is 226 g/mol. The Bertz CT molecular complexity index is 606. The number of aromatic nitrogens is 1. The number of nitrogens with one attached hydrogen (secondary N) is 1. The predicted octanol–water partition coefficient (Wildman–Crippen LogP) is 2.74. The zero-order chi connectivity index (χ0) is 11.9. The van der Waals surface area contributed by atoms with Crippen LogP contribution in [0.4, 0.5) is 17.6 Å². The van der Waals surface area contributed by atoms with Crippen molar-refractivity contribution >= 4 is 10.9 Å². The quantitative estimate of drug-likeness (QED) is 0.752. The summed E-state index contributed by atoms with van der Waals surface area (Å²) in [6.07, 6.45) is -2.90. The second kappa shape index (κ2) is 3.62. The van der Waals surface area contributed by atoms with Gasteiger partial charge in [-0.1, -0.05) is 0 Å². The summed E-state index contributed by atoms with van der Waals surface area (Å²) < 4.78 is 50.6. The van der Waals surface area contributed by atoms with Crippen LogP contribution in [0.3, 0.4) is 0 Å². The van der Waals surface area contributed by atoms with Gasteiger partial charge < -0.3 is 4.98 Å². The van der Waals surface area contributed by atoms with E-state index in [1.807, 2.05) is 0 Å². The van der Waals surface area contributed by atoms with Crippen LogP contribution in [0.1, 0.15) is 12.1 Å². The normalized spacial score (nSPS) is 11.3. The topological polar surface area (TPSA) is 32.9 Å². The Morgan fingerprint density at radius 2 is 1.81 bits per heavy atom. The summed E-state index contributed by atoms with van der Waals surface area (Å²) in [7, 11) is 0. The van der Waals surface area contributed by atoms with Crippen LogP contribution in [-0.2, 0) is 0 Å². The zero-order valence-corrected chi connectivity index (χ0v) is 7.73. The molecule has 0 unspecified atom stereocenters.